The molecule has 5 rings (SSSR count). The molecule has 0 aliphatic carbocycles. The van der Waals surface area contributed by atoms with Crippen LogP contribution in [0.4, 0.5) is 27.3 Å². The zero-order valence-corrected chi connectivity index (χ0v) is 26.9. The van der Waals surface area contributed by atoms with Crippen LogP contribution in [0.1, 0.15) is 36.7 Å². The molecule has 3 aromatic carbocycles. The summed E-state index contributed by atoms with van der Waals surface area (Å²) in [7, 11) is 3.62. The zero-order valence-electron chi connectivity index (χ0n) is 26.9. The molecular formula is C35H40FN7O3. The predicted octanol–water partition coefficient (Wildman–Crippen LogP) is 5.07. The highest BCUT2D eigenvalue weighted by atomic mass is 19.1. The third-order valence-electron chi connectivity index (χ3n) is 7.98. The van der Waals surface area contributed by atoms with Crippen molar-refractivity contribution in [1.82, 2.24) is 19.4 Å². The summed E-state index contributed by atoms with van der Waals surface area (Å²) in [5, 5.41) is 8.60. The Bertz CT molecular complexity index is 1790. The van der Waals surface area contributed by atoms with Crippen molar-refractivity contribution in [2.24, 2.45) is 7.05 Å². The van der Waals surface area contributed by atoms with Crippen molar-refractivity contribution in [3.05, 3.63) is 100 Å². The number of likely N-dealkylation sites (N-methyl/N-ethyl adjacent to an activating group) is 1. The molecule has 2 amide bonds. The number of benzene rings is 3. The van der Waals surface area contributed by atoms with Gasteiger partial charge in [0.1, 0.15) is 0 Å². The lowest BCUT2D eigenvalue weighted by Crippen LogP contribution is -2.47. The molecule has 1 aliphatic rings. The fourth-order valence-corrected chi connectivity index (χ4v) is 5.18. The fourth-order valence-electron chi connectivity index (χ4n) is 5.18. The SMILES string of the molecule is CN1CCN(CC(=O)Nc2cccc(Nc3nc(-c4cccc(NC(=O)c5ccc(C(C)(C)C)cc5)c4F)cn(C)c3=O)c2)CC1. The van der Waals surface area contributed by atoms with E-state index in [0.717, 1.165) is 31.7 Å². The van der Waals surface area contributed by atoms with E-state index in [1.165, 1.54) is 22.9 Å². The summed E-state index contributed by atoms with van der Waals surface area (Å²) in [6.45, 7) is 10.1. The average molecular weight is 626 g/mol. The van der Waals surface area contributed by atoms with E-state index in [9.17, 15) is 14.4 Å². The quantitative estimate of drug-likeness (QED) is 0.251. The molecule has 1 saturated heterocycles. The Labute approximate surface area is 268 Å². The number of nitrogens with one attached hydrogen (secondary N) is 3. The Balaban J connectivity index is 1.32. The number of carbonyl (C=O) groups is 2. The minimum atomic E-state index is -0.677. The second kappa shape index (κ2) is 13.6. The standard InChI is InChI=1S/C35H40FN7O3/c1-35(2,3)24-14-12-23(13-15-24)33(45)40-28-11-7-10-27(31(28)36)29-21-42(5)34(46)32(39-29)38-26-9-6-8-25(20-26)37-30(44)22-43-18-16-41(4)17-19-43/h6-15,20-21H,16-19,22H2,1-5H3,(H,37,44)(H,38,39)(H,40,45). The molecule has 46 heavy (non-hydrogen) atoms. The van der Waals surface area contributed by atoms with Gasteiger partial charge in [-0.05, 0) is 60.5 Å². The van der Waals surface area contributed by atoms with Gasteiger partial charge in [0, 0.05) is 61.9 Å². The average Bonchev–Trinajstić information content (AvgIpc) is 3.01. The topological polar surface area (TPSA) is 112 Å². The van der Waals surface area contributed by atoms with E-state index in [0.29, 0.717) is 23.5 Å². The van der Waals surface area contributed by atoms with Gasteiger partial charge in [-0.1, -0.05) is 45.0 Å². The van der Waals surface area contributed by atoms with Crippen LogP contribution in [0.5, 0.6) is 0 Å². The maximum absolute atomic E-state index is 15.8. The monoisotopic (exact) mass is 625 g/mol. The number of piperazine rings is 1. The third-order valence-corrected chi connectivity index (χ3v) is 7.98. The van der Waals surface area contributed by atoms with Gasteiger partial charge in [0.2, 0.25) is 5.91 Å². The molecule has 1 aliphatic heterocycles. The van der Waals surface area contributed by atoms with E-state index in [2.05, 4.69) is 58.6 Å². The van der Waals surface area contributed by atoms with Crippen LogP contribution in [0.15, 0.2) is 77.7 Å². The van der Waals surface area contributed by atoms with Crippen LogP contribution in [-0.4, -0.2) is 70.9 Å². The van der Waals surface area contributed by atoms with Crippen LogP contribution in [-0.2, 0) is 17.3 Å². The molecule has 1 fully saturated rings. The number of nitrogens with zero attached hydrogens (tertiary/aromatic N) is 4. The minimum absolute atomic E-state index is 0.00687. The summed E-state index contributed by atoms with van der Waals surface area (Å²) in [6, 6.07) is 18.8. The van der Waals surface area contributed by atoms with Gasteiger partial charge >= 0.3 is 0 Å². The first-order valence-corrected chi connectivity index (χ1v) is 15.2. The van der Waals surface area contributed by atoms with E-state index >= 15 is 4.39 Å². The van der Waals surface area contributed by atoms with Crippen molar-refractivity contribution in [2.45, 2.75) is 26.2 Å². The van der Waals surface area contributed by atoms with Crippen molar-refractivity contribution >= 4 is 34.7 Å². The van der Waals surface area contributed by atoms with Gasteiger partial charge in [-0.3, -0.25) is 19.3 Å². The van der Waals surface area contributed by atoms with Crippen molar-refractivity contribution in [3.63, 3.8) is 0 Å². The van der Waals surface area contributed by atoms with Crippen LogP contribution in [0.3, 0.4) is 0 Å². The van der Waals surface area contributed by atoms with Gasteiger partial charge in [0.15, 0.2) is 11.6 Å². The van der Waals surface area contributed by atoms with Crippen molar-refractivity contribution in [1.29, 1.82) is 0 Å². The first-order chi connectivity index (χ1) is 21.9. The van der Waals surface area contributed by atoms with Gasteiger partial charge in [-0.15, -0.1) is 0 Å². The summed E-state index contributed by atoms with van der Waals surface area (Å²) in [6.07, 6.45) is 1.44. The van der Waals surface area contributed by atoms with Crippen LogP contribution >= 0.6 is 0 Å². The number of aromatic nitrogens is 2. The third kappa shape index (κ3) is 7.85. The number of anilines is 4. The number of rotatable bonds is 8. The van der Waals surface area contributed by atoms with Crippen LogP contribution in [0, 0.1) is 5.82 Å². The Morgan fingerprint density at radius 2 is 1.57 bits per heavy atom. The Kier molecular flexibility index (Phi) is 9.64. The van der Waals surface area contributed by atoms with Crippen LogP contribution in [0.2, 0.25) is 0 Å². The number of hydrogen-bond donors (Lipinski definition) is 3. The molecule has 0 bridgehead atoms. The fraction of sp³-hybridized carbons (Fsp3) is 0.314. The summed E-state index contributed by atoms with van der Waals surface area (Å²) >= 11 is 0. The molecule has 0 unspecified atom stereocenters. The van der Waals surface area contributed by atoms with Crippen molar-refractivity contribution < 1.29 is 14.0 Å². The molecule has 10 nitrogen and oxygen atoms in total. The van der Waals surface area contributed by atoms with Gasteiger partial charge in [0.05, 0.1) is 17.9 Å². The molecule has 1 aromatic heterocycles. The van der Waals surface area contributed by atoms with E-state index in [1.807, 2.05) is 12.1 Å². The van der Waals surface area contributed by atoms with Crippen molar-refractivity contribution in [3.8, 4) is 11.3 Å². The lowest BCUT2D eigenvalue weighted by atomic mass is 9.87. The lowest BCUT2D eigenvalue weighted by Gasteiger charge is -2.31. The van der Waals surface area contributed by atoms with Gasteiger partial charge in [0.25, 0.3) is 11.5 Å². The Morgan fingerprint density at radius 3 is 2.26 bits per heavy atom. The Hall–Kier alpha value is -4.87. The predicted molar refractivity (Wildman–Crippen MR) is 180 cm³/mol. The number of carbonyl (C=O) groups excluding carboxylic acids is 2. The first kappa shape index (κ1) is 32.5. The number of hydrogen-bond acceptors (Lipinski definition) is 7. The second-order valence-corrected chi connectivity index (χ2v) is 12.7. The van der Waals surface area contributed by atoms with E-state index < -0.39 is 17.3 Å². The maximum atomic E-state index is 15.8. The molecule has 0 atom stereocenters. The summed E-state index contributed by atoms with van der Waals surface area (Å²) in [5.41, 5.74) is 2.41. The largest absolute Gasteiger partial charge is 0.336 e. The molecule has 3 N–H and O–H groups in total. The summed E-state index contributed by atoms with van der Waals surface area (Å²) in [4.78, 5) is 47.4. The highest BCUT2D eigenvalue weighted by Crippen LogP contribution is 2.28. The number of aryl methyl sites for hydroxylation is 1. The van der Waals surface area contributed by atoms with Crippen LogP contribution in [0.25, 0.3) is 11.3 Å². The molecule has 0 spiro atoms. The summed E-state index contributed by atoms with van der Waals surface area (Å²) < 4.78 is 17.1. The molecular weight excluding hydrogens is 585 g/mol. The lowest BCUT2D eigenvalue weighted by molar-refractivity contribution is -0.117. The van der Waals surface area contributed by atoms with Crippen molar-refractivity contribution in [2.75, 3.05) is 55.7 Å². The number of amides is 2. The van der Waals surface area contributed by atoms with E-state index in [1.54, 1.807) is 49.5 Å². The van der Waals surface area contributed by atoms with Crippen LogP contribution < -0.4 is 21.5 Å². The maximum Gasteiger partial charge on any atom is 0.293 e. The Morgan fingerprint density at radius 1 is 0.891 bits per heavy atom. The van der Waals surface area contributed by atoms with Gasteiger partial charge < -0.3 is 25.4 Å². The molecule has 0 saturated carbocycles. The molecule has 4 aromatic rings. The molecule has 240 valence electrons. The molecule has 2 heterocycles. The first-order valence-electron chi connectivity index (χ1n) is 15.2. The molecule has 0 radical (unpaired) electrons. The highest BCUT2D eigenvalue weighted by molar-refractivity contribution is 6.04. The highest BCUT2D eigenvalue weighted by Gasteiger charge is 2.19. The molecule has 11 heteroatoms. The van der Waals surface area contributed by atoms with E-state index in [-0.39, 0.29) is 34.1 Å². The van der Waals surface area contributed by atoms with Gasteiger partial charge in [-0.2, -0.15) is 0 Å². The smallest absolute Gasteiger partial charge is 0.293 e. The van der Waals surface area contributed by atoms with Gasteiger partial charge in [-0.25, -0.2) is 9.37 Å². The second-order valence-electron chi connectivity index (χ2n) is 12.7. The normalized spacial score (nSPS) is 14.1. The summed E-state index contributed by atoms with van der Waals surface area (Å²) in [5.74, 6) is -1.26. The minimum Gasteiger partial charge on any atom is -0.336 e. The number of halogens is 1. The van der Waals surface area contributed by atoms with E-state index in [4.69, 9.17) is 0 Å². The zero-order chi connectivity index (χ0) is 33.0.